The minimum absolute atomic E-state index is 0.113. The summed E-state index contributed by atoms with van der Waals surface area (Å²) >= 11 is 0. The minimum atomic E-state index is -7.94. The summed E-state index contributed by atoms with van der Waals surface area (Å²) < 4.78 is 229. The van der Waals surface area contributed by atoms with Crippen LogP contribution in [-0.4, -0.2) is 97.8 Å². The zero-order valence-corrected chi connectivity index (χ0v) is 17.6. The number of alkyl halides is 17. The maximum atomic E-state index is 13.8. The molecule has 0 saturated carbocycles. The Morgan fingerprint density at radius 2 is 1.05 bits per heavy atom. The van der Waals surface area contributed by atoms with Crippen molar-refractivity contribution >= 4 is 5.91 Å². The largest absolute Gasteiger partial charge is 0.460 e. The first-order chi connectivity index (χ1) is 16.2. The molecule has 0 radical (unpaired) electrons. The fourth-order valence-electron chi connectivity index (χ4n) is 2.74. The molecule has 0 aromatic carbocycles. The first kappa shape index (κ1) is 33.2. The van der Waals surface area contributed by atoms with Gasteiger partial charge in [0.15, 0.2) is 0 Å². The summed E-state index contributed by atoms with van der Waals surface area (Å²) in [7, 11) is 0. The molecule has 1 aliphatic rings. The number of ether oxygens (including phenoxy) is 1. The Balaban J connectivity index is 3.17. The highest BCUT2D eigenvalue weighted by Crippen LogP contribution is 2.59. The summed E-state index contributed by atoms with van der Waals surface area (Å²) in [6.07, 6.45) is -12.5. The van der Waals surface area contributed by atoms with Crippen LogP contribution in [0.25, 0.3) is 0 Å². The van der Waals surface area contributed by atoms with E-state index in [0.29, 0.717) is 0 Å². The van der Waals surface area contributed by atoms with Gasteiger partial charge < -0.3 is 10.1 Å². The maximum absolute atomic E-state index is 13.8. The number of amides is 1. The molecule has 0 aromatic heterocycles. The van der Waals surface area contributed by atoms with Gasteiger partial charge in [0.25, 0.3) is 5.91 Å². The van der Waals surface area contributed by atoms with Crippen LogP contribution in [0.4, 0.5) is 74.6 Å². The van der Waals surface area contributed by atoms with Gasteiger partial charge in [0, 0.05) is 26.2 Å². The Hall–Kier alpha value is -1.80. The molecule has 4 nitrogen and oxygen atoms in total. The van der Waals surface area contributed by atoms with Gasteiger partial charge in [-0.3, -0.25) is 9.69 Å². The molecule has 1 heterocycles. The lowest BCUT2D eigenvalue weighted by Crippen LogP contribution is -2.68. The second-order valence-corrected chi connectivity index (χ2v) is 7.67. The first-order valence-electron chi connectivity index (χ1n) is 9.50. The maximum Gasteiger partial charge on any atom is 0.460 e. The fraction of sp³-hybridized carbons (Fsp3) is 0.938. The third-order valence-corrected chi connectivity index (χ3v) is 5.00. The molecule has 1 saturated heterocycles. The normalized spacial score (nSPS) is 18.2. The van der Waals surface area contributed by atoms with E-state index in [1.165, 1.54) is 4.90 Å². The molecule has 1 fully saturated rings. The molecular formula is C16H15F17N2O2. The quantitative estimate of drug-likeness (QED) is 0.351. The summed E-state index contributed by atoms with van der Waals surface area (Å²) in [5.41, 5.74) is 0. The summed E-state index contributed by atoms with van der Waals surface area (Å²) in [5, 5.41) is 0.987. The van der Waals surface area contributed by atoms with Crippen molar-refractivity contribution < 1.29 is 84.2 Å². The van der Waals surface area contributed by atoms with Crippen LogP contribution in [0.15, 0.2) is 0 Å². The van der Waals surface area contributed by atoms with E-state index in [0.717, 1.165) is 5.32 Å². The van der Waals surface area contributed by atoms with Gasteiger partial charge in [-0.2, -0.15) is 74.6 Å². The molecule has 0 bridgehead atoms. The first-order valence-corrected chi connectivity index (χ1v) is 9.50. The van der Waals surface area contributed by atoms with Gasteiger partial charge in [-0.05, 0) is 0 Å². The van der Waals surface area contributed by atoms with E-state index in [2.05, 4.69) is 0 Å². The Bertz CT molecular complexity index is 806. The molecular weight excluding hydrogens is 575 g/mol. The topological polar surface area (TPSA) is 41.6 Å². The van der Waals surface area contributed by atoms with E-state index in [1.807, 2.05) is 0 Å². The van der Waals surface area contributed by atoms with Gasteiger partial charge >= 0.3 is 47.6 Å². The highest BCUT2D eigenvalue weighted by Gasteiger charge is 2.87. The van der Waals surface area contributed by atoms with Crippen LogP contribution < -0.4 is 5.32 Å². The van der Waals surface area contributed by atoms with E-state index in [4.69, 9.17) is 4.74 Å². The van der Waals surface area contributed by atoms with Crippen molar-refractivity contribution in [2.24, 2.45) is 0 Å². The lowest BCUT2D eigenvalue weighted by atomic mass is 9.90. The monoisotopic (exact) mass is 590 g/mol. The Labute approximate surface area is 195 Å². The molecule has 1 N–H and O–H groups in total. The molecule has 0 spiro atoms. The lowest BCUT2D eigenvalue weighted by Gasteiger charge is -2.39. The van der Waals surface area contributed by atoms with Crippen molar-refractivity contribution in [2.45, 2.75) is 54.1 Å². The molecule has 1 aliphatic heterocycles. The molecule has 0 unspecified atom stereocenters. The van der Waals surface area contributed by atoms with Crippen molar-refractivity contribution in [3.63, 3.8) is 0 Å². The molecule has 1 amide bonds. The van der Waals surface area contributed by atoms with Crippen LogP contribution in [-0.2, 0) is 9.53 Å². The van der Waals surface area contributed by atoms with Crippen LogP contribution in [0.3, 0.4) is 0 Å². The van der Waals surface area contributed by atoms with E-state index < -0.39 is 66.5 Å². The minimum Gasteiger partial charge on any atom is -0.379 e. The summed E-state index contributed by atoms with van der Waals surface area (Å²) in [4.78, 5) is 12.7. The van der Waals surface area contributed by atoms with Crippen LogP contribution in [0.2, 0.25) is 0 Å². The van der Waals surface area contributed by atoms with Crippen LogP contribution in [0.5, 0.6) is 0 Å². The highest BCUT2D eigenvalue weighted by molar-refractivity contribution is 5.84. The number of carbonyl (C=O) groups is 1. The molecule has 21 heteroatoms. The third kappa shape index (κ3) is 5.80. The lowest BCUT2D eigenvalue weighted by molar-refractivity contribution is -0.412. The van der Waals surface area contributed by atoms with Crippen LogP contribution >= 0.6 is 0 Å². The summed E-state index contributed by atoms with van der Waals surface area (Å²) in [5.74, 6) is -56.5. The molecule has 220 valence electrons. The molecule has 0 aliphatic carbocycles. The van der Waals surface area contributed by atoms with Gasteiger partial charge in [-0.15, -0.1) is 0 Å². The van der Waals surface area contributed by atoms with Crippen molar-refractivity contribution in [2.75, 3.05) is 39.4 Å². The fourth-order valence-corrected chi connectivity index (χ4v) is 2.74. The number of halogens is 17. The predicted octanol–water partition coefficient (Wildman–Crippen LogP) is 4.83. The second kappa shape index (κ2) is 10.1. The zero-order chi connectivity index (χ0) is 29.5. The number of rotatable bonds is 11. The van der Waals surface area contributed by atoms with Gasteiger partial charge in [-0.25, -0.2) is 0 Å². The van der Waals surface area contributed by atoms with Crippen LogP contribution in [0.1, 0.15) is 6.42 Å². The number of morpholine rings is 1. The van der Waals surface area contributed by atoms with Gasteiger partial charge in [0.2, 0.25) is 0 Å². The van der Waals surface area contributed by atoms with E-state index in [-0.39, 0.29) is 32.8 Å². The molecule has 0 atom stereocenters. The smallest absolute Gasteiger partial charge is 0.379 e. The van der Waals surface area contributed by atoms with Crippen molar-refractivity contribution in [3.8, 4) is 0 Å². The molecule has 0 aromatic rings. The van der Waals surface area contributed by atoms with Gasteiger partial charge in [-0.1, -0.05) is 0 Å². The third-order valence-electron chi connectivity index (χ3n) is 5.00. The Kier molecular flexibility index (Phi) is 9.04. The Morgan fingerprint density at radius 1 is 0.649 bits per heavy atom. The number of hydrogen-bond donors (Lipinski definition) is 1. The van der Waals surface area contributed by atoms with E-state index in [9.17, 15) is 79.4 Å². The average Bonchev–Trinajstić information content (AvgIpc) is 2.72. The highest BCUT2D eigenvalue weighted by atomic mass is 19.4. The summed E-state index contributed by atoms with van der Waals surface area (Å²) in [6, 6.07) is 0. The van der Waals surface area contributed by atoms with Gasteiger partial charge in [0.1, 0.15) is 0 Å². The number of nitrogens with one attached hydrogen (secondary N) is 1. The Morgan fingerprint density at radius 3 is 1.46 bits per heavy atom. The van der Waals surface area contributed by atoms with Gasteiger partial charge in [0.05, 0.1) is 19.6 Å². The summed E-state index contributed by atoms with van der Waals surface area (Å²) in [6.45, 7) is -0.844. The number of nitrogens with zero attached hydrogens (tertiary/aromatic N) is 1. The van der Waals surface area contributed by atoms with Crippen molar-refractivity contribution in [3.05, 3.63) is 0 Å². The zero-order valence-electron chi connectivity index (χ0n) is 17.6. The van der Waals surface area contributed by atoms with E-state index in [1.54, 1.807) is 0 Å². The predicted molar refractivity (Wildman–Crippen MR) is 85.6 cm³/mol. The SMILES string of the molecule is O=C(NCCN1CCOCC1)C(F)(F)C(F)(F)C(F)(F)C(F)(F)CC(F)(F)C(F)(F)C(F)(F)C(F)(F)F. The van der Waals surface area contributed by atoms with Crippen molar-refractivity contribution in [1.29, 1.82) is 0 Å². The second-order valence-electron chi connectivity index (χ2n) is 7.67. The van der Waals surface area contributed by atoms with Crippen LogP contribution in [0, 0.1) is 0 Å². The molecule has 37 heavy (non-hydrogen) atoms. The van der Waals surface area contributed by atoms with Crippen molar-refractivity contribution in [1.82, 2.24) is 10.2 Å². The molecule has 1 rings (SSSR count). The number of carbonyl (C=O) groups excluding carboxylic acids is 1. The standard InChI is InChI=1S/C16H15F17N2O2/c17-9(18,7-10(19,20)13(25,26)15(29,30)16(31,32)33)12(23,24)14(27,28)11(21,22)8(36)34-1-2-35-3-5-37-6-4-35/h1-7H2,(H,34,36). The van der Waals surface area contributed by atoms with E-state index >= 15 is 0 Å². The number of hydrogen-bond acceptors (Lipinski definition) is 3. The average molecular weight is 590 g/mol.